The third kappa shape index (κ3) is 10.9. The second-order valence-corrected chi connectivity index (χ2v) is 7.57. The molecule has 0 radical (unpaired) electrons. The van der Waals surface area contributed by atoms with Gasteiger partial charge in [-0.3, -0.25) is 9.59 Å². The number of amides is 2. The third-order valence-corrected chi connectivity index (χ3v) is 3.38. The Morgan fingerprint density at radius 2 is 1.56 bits per heavy atom. The SMILES string of the molecule is C[C@@H](CC(=O)OCc1ccccc1)NC(=O)C[C@H](C)NC(=O)OC(C)(C)C. The molecule has 27 heavy (non-hydrogen) atoms. The Labute approximate surface area is 160 Å². The Hall–Kier alpha value is -2.57. The van der Waals surface area contributed by atoms with Gasteiger partial charge in [-0.15, -0.1) is 0 Å². The first kappa shape index (κ1) is 22.5. The summed E-state index contributed by atoms with van der Waals surface area (Å²) in [4.78, 5) is 35.6. The number of carbonyl (C=O) groups excluding carboxylic acids is 3. The minimum absolute atomic E-state index is 0.0758. The van der Waals surface area contributed by atoms with Crippen LogP contribution in [0.1, 0.15) is 53.0 Å². The number of esters is 1. The average Bonchev–Trinajstić information content (AvgIpc) is 2.51. The third-order valence-electron chi connectivity index (χ3n) is 3.38. The predicted octanol–water partition coefficient (Wildman–Crippen LogP) is 2.93. The van der Waals surface area contributed by atoms with E-state index in [4.69, 9.17) is 9.47 Å². The van der Waals surface area contributed by atoms with Crippen molar-refractivity contribution in [2.75, 3.05) is 0 Å². The second kappa shape index (κ2) is 10.5. The maximum Gasteiger partial charge on any atom is 0.407 e. The molecule has 0 unspecified atom stereocenters. The highest BCUT2D eigenvalue weighted by atomic mass is 16.6. The van der Waals surface area contributed by atoms with E-state index >= 15 is 0 Å². The highest BCUT2D eigenvalue weighted by Crippen LogP contribution is 2.07. The van der Waals surface area contributed by atoms with Gasteiger partial charge in [0.1, 0.15) is 12.2 Å². The molecule has 0 heterocycles. The fraction of sp³-hybridized carbons (Fsp3) is 0.550. The average molecular weight is 378 g/mol. The molecule has 0 aliphatic carbocycles. The van der Waals surface area contributed by atoms with Gasteiger partial charge in [-0.1, -0.05) is 30.3 Å². The molecule has 0 aromatic heterocycles. The van der Waals surface area contributed by atoms with Crippen LogP contribution in [0.25, 0.3) is 0 Å². The zero-order chi connectivity index (χ0) is 20.4. The van der Waals surface area contributed by atoms with Gasteiger partial charge in [0.15, 0.2) is 0 Å². The molecule has 2 amide bonds. The minimum Gasteiger partial charge on any atom is -0.461 e. The summed E-state index contributed by atoms with van der Waals surface area (Å²) in [5.74, 6) is -0.645. The quantitative estimate of drug-likeness (QED) is 0.679. The van der Waals surface area contributed by atoms with Crippen molar-refractivity contribution < 1.29 is 23.9 Å². The van der Waals surface area contributed by atoms with E-state index in [-0.39, 0.29) is 37.4 Å². The van der Waals surface area contributed by atoms with Gasteiger partial charge in [-0.25, -0.2) is 4.79 Å². The van der Waals surface area contributed by atoms with Gasteiger partial charge in [0.2, 0.25) is 5.91 Å². The topological polar surface area (TPSA) is 93.7 Å². The number of nitrogens with one attached hydrogen (secondary N) is 2. The number of hydrogen-bond acceptors (Lipinski definition) is 5. The molecule has 2 atom stereocenters. The lowest BCUT2D eigenvalue weighted by Gasteiger charge is -2.22. The van der Waals surface area contributed by atoms with E-state index in [1.807, 2.05) is 30.3 Å². The van der Waals surface area contributed by atoms with E-state index in [1.165, 1.54) is 0 Å². The van der Waals surface area contributed by atoms with Crippen LogP contribution in [-0.2, 0) is 25.7 Å². The van der Waals surface area contributed by atoms with Crippen LogP contribution in [-0.4, -0.2) is 35.7 Å². The van der Waals surface area contributed by atoms with Gasteiger partial charge >= 0.3 is 12.1 Å². The lowest BCUT2D eigenvalue weighted by molar-refractivity contribution is -0.145. The summed E-state index contributed by atoms with van der Waals surface area (Å²) in [6, 6.07) is 8.62. The monoisotopic (exact) mass is 378 g/mol. The fourth-order valence-electron chi connectivity index (χ4n) is 2.27. The van der Waals surface area contributed by atoms with Crippen molar-refractivity contribution in [3.05, 3.63) is 35.9 Å². The molecule has 0 bridgehead atoms. The van der Waals surface area contributed by atoms with Crippen LogP contribution in [0.15, 0.2) is 30.3 Å². The summed E-state index contributed by atoms with van der Waals surface area (Å²) in [5, 5.41) is 5.34. The zero-order valence-corrected chi connectivity index (χ0v) is 16.7. The van der Waals surface area contributed by atoms with Crippen molar-refractivity contribution in [1.29, 1.82) is 0 Å². The van der Waals surface area contributed by atoms with Crippen LogP contribution in [0.2, 0.25) is 0 Å². The molecule has 7 heteroatoms. The number of alkyl carbamates (subject to hydrolysis) is 1. The first-order valence-electron chi connectivity index (χ1n) is 9.03. The summed E-state index contributed by atoms with van der Waals surface area (Å²) in [7, 11) is 0. The Morgan fingerprint density at radius 1 is 0.963 bits per heavy atom. The number of hydrogen-bond donors (Lipinski definition) is 2. The second-order valence-electron chi connectivity index (χ2n) is 7.57. The molecule has 0 aliphatic heterocycles. The molecule has 7 nitrogen and oxygen atoms in total. The van der Waals surface area contributed by atoms with Crippen molar-refractivity contribution in [2.24, 2.45) is 0 Å². The van der Waals surface area contributed by atoms with E-state index in [0.717, 1.165) is 5.56 Å². The lowest BCUT2D eigenvalue weighted by atomic mass is 10.2. The largest absolute Gasteiger partial charge is 0.461 e. The first-order chi connectivity index (χ1) is 12.5. The molecule has 150 valence electrons. The lowest BCUT2D eigenvalue weighted by Crippen LogP contribution is -2.42. The van der Waals surface area contributed by atoms with E-state index in [0.29, 0.717) is 0 Å². The van der Waals surface area contributed by atoms with Crippen LogP contribution in [0.3, 0.4) is 0 Å². The first-order valence-corrected chi connectivity index (χ1v) is 9.03. The Morgan fingerprint density at radius 3 is 2.15 bits per heavy atom. The van der Waals surface area contributed by atoms with Gasteiger partial charge in [0.25, 0.3) is 0 Å². The Balaban J connectivity index is 2.28. The maximum atomic E-state index is 12.0. The molecule has 0 saturated heterocycles. The van der Waals surface area contributed by atoms with Crippen LogP contribution in [0, 0.1) is 0 Å². The molecular formula is C20H30N2O5. The van der Waals surface area contributed by atoms with Gasteiger partial charge in [-0.2, -0.15) is 0 Å². The number of benzene rings is 1. The molecule has 2 N–H and O–H groups in total. The van der Waals surface area contributed by atoms with Gasteiger partial charge < -0.3 is 20.1 Å². The smallest absolute Gasteiger partial charge is 0.407 e. The van der Waals surface area contributed by atoms with Gasteiger partial charge in [0, 0.05) is 18.5 Å². The van der Waals surface area contributed by atoms with Crippen molar-refractivity contribution in [3.63, 3.8) is 0 Å². The Kier molecular flexibility index (Phi) is 8.78. The van der Waals surface area contributed by atoms with Gasteiger partial charge in [0.05, 0.1) is 6.42 Å². The highest BCUT2D eigenvalue weighted by Gasteiger charge is 2.20. The van der Waals surface area contributed by atoms with E-state index in [1.54, 1.807) is 34.6 Å². The van der Waals surface area contributed by atoms with Crippen LogP contribution in [0.4, 0.5) is 4.79 Å². The summed E-state index contributed by atoms with van der Waals surface area (Å²) in [6.07, 6.45) is -0.407. The maximum absolute atomic E-state index is 12.0. The van der Waals surface area contributed by atoms with Gasteiger partial charge in [-0.05, 0) is 40.2 Å². The van der Waals surface area contributed by atoms with Crippen molar-refractivity contribution >= 4 is 18.0 Å². The minimum atomic E-state index is -0.597. The normalized spacial score (nSPS) is 13.2. The summed E-state index contributed by atoms with van der Waals surface area (Å²) in [6.45, 7) is 8.95. The highest BCUT2D eigenvalue weighted by molar-refractivity contribution is 5.79. The summed E-state index contributed by atoms with van der Waals surface area (Å²) >= 11 is 0. The van der Waals surface area contributed by atoms with Crippen molar-refractivity contribution in [3.8, 4) is 0 Å². The predicted molar refractivity (Wildman–Crippen MR) is 102 cm³/mol. The molecule has 1 aromatic carbocycles. The molecule has 1 aromatic rings. The van der Waals surface area contributed by atoms with Crippen molar-refractivity contribution in [1.82, 2.24) is 10.6 Å². The number of carbonyl (C=O) groups is 3. The van der Waals surface area contributed by atoms with E-state index in [9.17, 15) is 14.4 Å². The molecule has 0 saturated carbocycles. The van der Waals surface area contributed by atoms with Crippen LogP contribution < -0.4 is 10.6 Å². The van der Waals surface area contributed by atoms with Crippen LogP contribution in [0.5, 0.6) is 0 Å². The number of rotatable bonds is 8. The van der Waals surface area contributed by atoms with Crippen LogP contribution >= 0.6 is 0 Å². The fourth-order valence-corrected chi connectivity index (χ4v) is 2.27. The van der Waals surface area contributed by atoms with E-state index < -0.39 is 17.7 Å². The molecule has 0 spiro atoms. The molecule has 0 fully saturated rings. The zero-order valence-electron chi connectivity index (χ0n) is 16.7. The standard InChI is InChI=1S/C20H30N2O5/c1-14(22-19(25)27-20(3,4)5)11-17(23)21-15(2)12-18(24)26-13-16-9-7-6-8-10-16/h6-10,14-15H,11-13H2,1-5H3,(H,21,23)(H,22,25)/t14-,15-/m0/s1. The number of ether oxygens (including phenoxy) is 2. The molecular weight excluding hydrogens is 348 g/mol. The molecule has 1 rings (SSSR count). The molecule has 0 aliphatic rings. The summed E-state index contributed by atoms with van der Waals surface area (Å²) < 4.78 is 10.3. The Bertz CT molecular complexity index is 625. The van der Waals surface area contributed by atoms with Crippen molar-refractivity contribution in [2.45, 2.75) is 71.8 Å². The summed E-state index contributed by atoms with van der Waals surface area (Å²) in [5.41, 5.74) is 0.310. The van der Waals surface area contributed by atoms with E-state index in [2.05, 4.69) is 10.6 Å².